The van der Waals surface area contributed by atoms with E-state index in [2.05, 4.69) is 4.90 Å². The fraction of sp³-hybridized carbons (Fsp3) is 0.526. The molecule has 2 fully saturated rings. The Morgan fingerprint density at radius 2 is 2.21 bits per heavy atom. The van der Waals surface area contributed by atoms with Crippen LogP contribution in [-0.4, -0.2) is 48.3 Å². The molecule has 24 heavy (non-hydrogen) atoms. The molecule has 2 aromatic rings. The average molecular weight is 328 g/mol. The number of ether oxygens (including phenoxy) is 2. The minimum Gasteiger partial charge on any atom is -0.497 e. The minimum absolute atomic E-state index is 0.220. The number of fused-ring (bicyclic) bond motifs is 1. The van der Waals surface area contributed by atoms with Crippen molar-refractivity contribution in [3.63, 3.8) is 0 Å². The maximum absolute atomic E-state index is 12.9. The largest absolute Gasteiger partial charge is 0.497 e. The van der Waals surface area contributed by atoms with Crippen LogP contribution in [0.1, 0.15) is 19.3 Å². The third-order valence-electron chi connectivity index (χ3n) is 5.07. The highest BCUT2D eigenvalue weighted by molar-refractivity contribution is 5.84. The van der Waals surface area contributed by atoms with E-state index < -0.39 is 0 Å². The van der Waals surface area contributed by atoms with Crippen molar-refractivity contribution >= 4 is 16.8 Å². The van der Waals surface area contributed by atoms with Gasteiger partial charge < -0.3 is 18.9 Å². The van der Waals surface area contributed by atoms with Crippen LogP contribution in [0.25, 0.3) is 10.9 Å². The molecule has 1 saturated carbocycles. The normalized spacial score (nSPS) is 20.5. The molecule has 0 bridgehead atoms. The molecule has 5 nitrogen and oxygen atoms in total. The smallest absolute Gasteiger partial charge is 0.242 e. The fourth-order valence-corrected chi connectivity index (χ4v) is 3.53. The second kappa shape index (κ2) is 6.48. The highest BCUT2D eigenvalue weighted by Gasteiger charge is 2.34. The summed E-state index contributed by atoms with van der Waals surface area (Å²) in [6.45, 7) is 2.88. The summed E-state index contributed by atoms with van der Waals surface area (Å²) in [6.07, 6.45) is 5.35. The molecule has 1 aromatic heterocycles. The van der Waals surface area contributed by atoms with Crippen molar-refractivity contribution in [2.75, 3.05) is 26.9 Å². The standard InChI is InChI=1S/C19H24N2O3/c1-23-17-4-5-18-15(10-17)6-8-20(18)12-19(22)21(16-2-3-16)11-14-7-9-24-13-14/h4-6,8,10,14,16H,2-3,7,9,11-13H2,1H3. The maximum atomic E-state index is 12.9. The van der Waals surface area contributed by atoms with Gasteiger partial charge in [0.05, 0.1) is 13.7 Å². The van der Waals surface area contributed by atoms with Gasteiger partial charge in [-0.25, -0.2) is 0 Å². The lowest BCUT2D eigenvalue weighted by atomic mass is 10.1. The van der Waals surface area contributed by atoms with Crippen molar-refractivity contribution in [1.29, 1.82) is 0 Å². The lowest BCUT2D eigenvalue weighted by Crippen LogP contribution is -2.39. The molecule has 1 unspecified atom stereocenters. The fourth-order valence-electron chi connectivity index (χ4n) is 3.53. The van der Waals surface area contributed by atoms with Crippen molar-refractivity contribution in [3.8, 4) is 5.75 Å². The van der Waals surface area contributed by atoms with Gasteiger partial charge in [-0.05, 0) is 43.5 Å². The number of amides is 1. The number of nitrogens with zero attached hydrogens (tertiary/aromatic N) is 2. The third kappa shape index (κ3) is 3.13. The number of rotatable bonds is 6. The van der Waals surface area contributed by atoms with E-state index in [0.29, 0.717) is 18.5 Å². The van der Waals surface area contributed by atoms with Crippen LogP contribution in [0, 0.1) is 5.92 Å². The first-order chi connectivity index (χ1) is 11.7. The first kappa shape index (κ1) is 15.5. The number of benzene rings is 1. The Hall–Kier alpha value is -2.01. The number of carbonyl (C=O) groups excluding carboxylic acids is 1. The molecule has 1 atom stereocenters. The maximum Gasteiger partial charge on any atom is 0.242 e. The van der Waals surface area contributed by atoms with Gasteiger partial charge in [-0.2, -0.15) is 0 Å². The molecule has 1 saturated heterocycles. The number of hydrogen-bond donors (Lipinski definition) is 0. The Morgan fingerprint density at radius 3 is 2.92 bits per heavy atom. The molecule has 128 valence electrons. The molecule has 4 rings (SSSR count). The molecule has 1 aliphatic carbocycles. The summed E-state index contributed by atoms with van der Waals surface area (Å²) in [5.41, 5.74) is 1.07. The number of methoxy groups -OCH3 is 1. The Kier molecular flexibility index (Phi) is 4.19. The lowest BCUT2D eigenvalue weighted by molar-refractivity contribution is -0.133. The predicted octanol–water partition coefficient (Wildman–Crippen LogP) is 2.68. The topological polar surface area (TPSA) is 43.7 Å². The monoisotopic (exact) mass is 328 g/mol. The Labute approximate surface area is 142 Å². The molecule has 1 amide bonds. The van der Waals surface area contributed by atoms with Gasteiger partial charge in [0, 0.05) is 42.2 Å². The summed E-state index contributed by atoms with van der Waals surface area (Å²) in [4.78, 5) is 15.0. The zero-order valence-corrected chi connectivity index (χ0v) is 14.1. The van der Waals surface area contributed by atoms with E-state index in [1.54, 1.807) is 7.11 Å². The molecule has 0 N–H and O–H groups in total. The highest BCUT2D eigenvalue weighted by atomic mass is 16.5. The van der Waals surface area contributed by atoms with Gasteiger partial charge in [-0.15, -0.1) is 0 Å². The molecular weight excluding hydrogens is 304 g/mol. The van der Waals surface area contributed by atoms with Crippen LogP contribution >= 0.6 is 0 Å². The van der Waals surface area contributed by atoms with Crippen molar-refractivity contribution in [1.82, 2.24) is 9.47 Å². The van der Waals surface area contributed by atoms with Crippen LogP contribution in [0.3, 0.4) is 0 Å². The molecule has 2 heterocycles. The summed E-state index contributed by atoms with van der Waals surface area (Å²) < 4.78 is 12.8. The number of aromatic nitrogens is 1. The van der Waals surface area contributed by atoms with Crippen molar-refractivity contribution in [2.45, 2.75) is 31.8 Å². The van der Waals surface area contributed by atoms with E-state index in [0.717, 1.165) is 55.7 Å². The summed E-state index contributed by atoms with van der Waals surface area (Å²) in [5.74, 6) is 1.56. The molecule has 1 aliphatic heterocycles. The first-order valence-electron chi connectivity index (χ1n) is 8.74. The Bertz CT molecular complexity index is 729. The van der Waals surface area contributed by atoms with Crippen LogP contribution in [0.4, 0.5) is 0 Å². The van der Waals surface area contributed by atoms with Crippen LogP contribution < -0.4 is 4.74 Å². The van der Waals surface area contributed by atoms with Crippen LogP contribution in [0.5, 0.6) is 5.75 Å². The van der Waals surface area contributed by atoms with Gasteiger partial charge in [0.1, 0.15) is 12.3 Å². The molecule has 5 heteroatoms. The first-order valence-corrected chi connectivity index (χ1v) is 8.74. The van der Waals surface area contributed by atoms with Crippen LogP contribution in [-0.2, 0) is 16.1 Å². The van der Waals surface area contributed by atoms with Gasteiger partial charge in [-0.3, -0.25) is 4.79 Å². The second-order valence-electron chi connectivity index (χ2n) is 6.88. The van der Waals surface area contributed by atoms with E-state index in [1.807, 2.05) is 35.0 Å². The lowest BCUT2D eigenvalue weighted by Gasteiger charge is -2.25. The summed E-state index contributed by atoms with van der Waals surface area (Å²) in [5, 5.41) is 1.10. The van der Waals surface area contributed by atoms with E-state index in [1.165, 1.54) is 0 Å². The molecule has 0 radical (unpaired) electrons. The van der Waals surface area contributed by atoms with E-state index >= 15 is 0 Å². The van der Waals surface area contributed by atoms with Gasteiger partial charge >= 0.3 is 0 Å². The Balaban J connectivity index is 1.49. The minimum atomic E-state index is 0.220. The summed E-state index contributed by atoms with van der Waals surface area (Å²) in [7, 11) is 1.67. The summed E-state index contributed by atoms with van der Waals surface area (Å²) in [6, 6.07) is 8.45. The van der Waals surface area contributed by atoms with Gasteiger partial charge in [0.15, 0.2) is 0 Å². The van der Waals surface area contributed by atoms with Crippen molar-refractivity contribution < 1.29 is 14.3 Å². The second-order valence-corrected chi connectivity index (χ2v) is 6.88. The SMILES string of the molecule is COc1ccc2c(ccn2CC(=O)N(CC2CCOC2)C2CC2)c1. The van der Waals surface area contributed by atoms with Crippen molar-refractivity contribution in [2.24, 2.45) is 5.92 Å². The molecular formula is C19H24N2O3. The van der Waals surface area contributed by atoms with Crippen LogP contribution in [0.15, 0.2) is 30.5 Å². The third-order valence-corrected chi connectivity index (χ3v) is 5.07. The van der Waals surface area contributed by atoms with E-state index in [-0.39, 0.29) is 5.91 Å². The predicted molar refractivity (Wildman–Crippen MR) is 92.2 cm³/mol. The molecule has 1 aromatic carbocycles. The highest BCUT2D eigenvalue weighted by Crippen LogP contribution is 2.30. The van der Waals surface area contributed by atoms with E-state index in [4.69, 9.17) is 9.47 Å². The zero-order chi connectivity index (χ0) is 16.5. The summed E-state index contributed by atoms with van der Waals surface area (Å²) >= 11 is 0. The molecule has 0 spiro atoms. The quantitative estimate of drug-likeness (QED) is 0.819. The average Bonchev–Trinajstić information content (AvgIpc) is 3.16. The van der Waals surface area contributed by atoms with E-state index in [9.17, 15) is 4.79 Å². The molecule has 2 aliphatic rings. The Morgan fingerprint density at radius 1 is 1.33 bits per heavy atom. The van der Waals surface area contributed by atoms with Gasteiger partial charge in [0.2, 0.25) is 5.91 Å². The number of hydrogen-bond acceptors (Lipinski definition) is 3. The number of carbonyl (C=O) groups is 1. The van der Waals surface area contributed by atoms with Crippen molar-refractivity contribution in [3.05, 3.63) is 30.5 Å². The zero-order valence-electron chi connectivity index (χ0n) is 14.1. The van der Waals surface area contributed by atoms with Crippen LogP contribution in [0.2, 0.25) is 0 Å². The van der Waals surface area contributed by atoms with Gasteiger partial charge in [-0.1, -0.05) is 0 Å². The van der Waals surface area contributed by atoms with Gasteiger partial charge in [0.25, 0.3) is 0 Å².